The molecule has 2 aromatic carbocycles. The molecule has 2 N–H and O–H groups in total. The molecule has 0 aliphatic heterocycles. The summed E-state index contributed by atoms with van der Waals surface area (Å²) in [5.74, 6) is 0.942. The van der Waals surface area contributed by atoms with E-state index in [-0.39, 0.29) is 0 Å². The van der Waals surface area contributed by atoms with Crippen molar-refractivity contribution in [3.05, 3.63) is 60.3 Å². The molecule has 0 saturated carbocycles. The molecule has 0 unspecified atom stereocenters. The van der Waals surface area contributed by atoms with Crippen molar-refractivity contribution in [2.75, 3.05) is 11.9 Å². The van der Waals surface area contributed by atoms with E-state index in [9.17, 15) is 0 Å². The third-order valence-electron chi connectivity index (χ3n) is 3.42. The minimum atomic E-state index is 0.765. The number of aromatic amines is 1. The lowest BCUT2D eigenvalue weighted by molar-refractivity contribution is 0.317. The molecule has 3 rings (SSSR count). The van der Waals surface area contributed by atoms with Crippen LogP contribution in [0.4, 0.5) is 5.69 Å². The summed E-state index contributed by atoms with van der Waals surface area (Å²) in [6.07, 6.45) is 2.99. The van der Waals surface area contributed by atoms with Gasteiger partial charge in [0.2, 0.25) is 0 Å². The van der Waals surface area contributed by atoms with E-state index in [2.05, 4.69) is 53.6 Å². The molecule has 0 aliphatic rings. The van der Waals surface area contributed by atoms with Gasteiger partial charge in [0.05, 0.1) is 6.61 Å². The highest BCUT2D eigenvalue weighted by Crippen LogP contribution is 2.19. The van der Waals surface area contributed by atoms with Crippen molar-refractivity contribution in [2.24, 2.45) is 0 Å². The molecule has 3 aromatic rings. The van der Waals surface area contributed by atoms with Crippen LogP contribution in [0, 0.1) is 0 Å². The molecule has 21 heavy (non-hydrogen) atoms. The van der Waals surface area contributed by atoms with Crippen molar-refractivity contribution in [1.29, 1.82) is 0 Å². The lowest BCUT2D eigenvalue weighted by atomic mass is 10.2. The van der Waals surface area contributed by atoms with Crippen LogP contribution in [0.15, 0.2) is 54.7 Å². The Hall–Kier alpha value is -2.42. The third-order valence-corrected chi connectivity index (χ3v) is 3.42. The molecule has 0 aliphatic carbocycles. The molecule has 3 heteroatoms. The smallest absolute Gasteiger partial charge is 0.119 e. The van der Waals surface area contributed by atoms with Crippen LogP contribution < -0.4 is 10.1 Å². The molecule has 3 nitrogen and oxygen atoms in total. The Morgan fingerprint density at radius 2 is 2.05 bits per heavy atom. The van der Waals surface area contributed by atoms with Crippen molar-refractivity contribution < 1.29 is 4.74 Å². The maximum Gasteiger partial charge on any atom is 0.119 e. The highest BCUT2D eigenvalue weighted by molar-refractivity contribution is 5.82. The molecular formula is C18H20N2O. The molecule has 0 amide bonds. The molecule has 108 valence electrons. The number of rotatable bonds is 6. The molecule has 0 spiro atoms. The van der Waals surface area contributed by atoms with Gasteiger partial charge in [-0.3, -0.25) is 0 Å². The molecule has 0 fully saturated rings. The second kappa shape index (κ2) is 6.35. The summed E-state index contributed by atoms with van der Waals surface area (Å²) in [5.41, 5.74) is 3.51. The highest BCUT2D eigenvalue weighted by atomic mass is 16.5. The van der Waals surface area contributed by atoms with Gasteiger partial charge in [-0.1, -0.05) is 19.1 Å². The average Bonchev–Trinajstić information content (AvgIpc) is 2.99. The number of ether oxygens (including phenoxy) is 1. The number of H-pyrrole nitrogens is 1. The second-order valence-electron chi connectivity index (χ2n) is 5.13. The maximum atomic E-state index is 5.66. The third kappa shape index (κ3) is 3.37. The highest BCUT2D eigenvalue weighted by Gasteiger charge is 1.99. The Bertz CT molecular complexity index is 718. The van der Waals surface area contributed by atoms with Crippen LogP contribution in [0.3, 0.4) is 0 Å². The zero-order chi connectivity index (χ0) is 14.5. The monoisotopic (exact) mass is 280 g/mol. The SMILES string of the molecule is CCCOc1cccc(CNc2ccc3[nH]ccc3c2)c1. The lowest BCUT2D eigenvalue weighted by Gasteiger charge is -2.09. The van der Waals surface area contributed by atoms with E-state index < -0.39 is 0 Å². The van der Waals surface area contributed by atoms with Crippen LogP contribution in [0.2, 0.25) is 0 Å². The van der Waals surface area contributed by atoms with Gasteiger partial charge < -0.3 is 15.0 Å². The molecule has 1 aromatic heterocycles. The Morgan fingerprint density at radius 3 is 2.95 bits per heavy atom. The van der Waals surface area contributed by atoms with E-state index in [1.807, 2.05) is 18.3 Å². The Labute approximate surface area is 125 Å². The fourth-order valence-corrected chi connectivity index (χ4v) is 2.33. The van der Waals surface area contributed by atoms with Crippen LogP contribution in [-0.4, -0.2) is 11.6 Å². The number of aromatic nitrogens is 1. The minimum Gasteiger partial charge on any atom is -0.494 e. The number of fused-ring (bicyclic) bond motifs is 1. The number of nitrogens with one attached hydrogen (secondary N) is 2. The van der Waals surface area contributed by atoms with E-state index in [0.29, 0.717) is 0 Å². The van der Waals surface area contributed by atoms with Gasteiger partial charge in [-0.15, -0.1) is 0 Å². The summed E-state index contributed by atoms with van der Waals surface area (Å²) in [4.78, 5) is 3.20. The molecule has 0 saturated heterocycles. The van der Waals surface area contributed by atoms with Crippen LogP contribution >= 0.6 is 0 Å². The van der Waals surface area contributed by atoms with Crippen molar-refractivity contribution in [3.8, 4) is 5.75 Å². The number of anilines is 1. The number of hydrogen-bond acceptors (Lipinski definition) is 2. The maximum absolute atomic E-state index is 5.66. The molecular weight excluding hydrogens is 260 g/mol. The van der Waals surface area contributed by atoms with Crippen LogP contribution in [0.1, 0.15) is 18.9 Å². The van der Waals surface area contributed by atoms with E-state index in [1.54, 1.807) is 0 Å². The molecule has 0 radical (unpaired) electrons. The van der Waals surface area contributed by atoms with E-state index in [4.69, 9.17) is 4.74 Å². The Balaban J connectivity index is 1.66. The van der Waals surface area contributed by atoms with Gasteiger partial charge in [-0.05, 0) is 48.4 Å². The van der Waals surface area contributed by atoms with Crippen LogP contribution in [0.5, 0.6) is 5.75 Å². The number of benzene rings is 2. The quantitative estimate of drug-likeness (QED) is 0.694. The normalized spacial score (nSPS) is 10.7. The van der Waals surface area contributed by atoms with Crippen molar-refractivity contribution in [3.63, 3.8) is 0 Å². The molecule has 0 bridgehead atoms. The van der Waals surface area contributed by atoms with Gasteiger partial charge in [0.15, 0.2) is 0 Å². The lowest BCUT2D eigenvalue weighted by Crippen LogP contribution is -2.00. The first-order chi connectivity index (χ1) is 10.3. The summed E-state index contributed by atoms with van der Waals surface area (Å²) in [6, 6.07) is 16.7. The predicted molar refractivity (Wildman–Crippen MR) is 87.9 cm³/mol. The average molecular weight is 280 g/mol. The van der Waals surface area contributed by atoms with Gasteiger partial charge in [-0.2, -0.15) is 0 Å². The molecule has 0 atom stereocenters. The van der Waals surface area contributed by atoms with Crippen LogP contribution in [0.25, 0.3) is 10.9 Å². The summed E-state index contributed by atoms with van der Waals surface area (Å²) in [7, 11) is 0. The number of hydrogen-bond donors (Lipinski definition) is 2. The van der Waals surface area contributed by atoms with Gasteiger partial charge in [0, 0.05) is 29.3 Å². The first-order valence-corrected chi connectivity index (χ1v) is 7.38. The van der Waals surface area contributed by atoms with Crippen molar-refractivity contribution in [2.45, 2.75) is 19.9 Å². The van der Waals surface area contributed by atoms with Crippen molar-refractivity contribution in [1.82, 2.24) is 4.98 Å². The van der Waals surface area contributed by atoms with Gasteiger partial charge in [-0.25, -0.2) is 0 Å². The van der Waals surface area contributed by atoms with Crippen LogP contribution in [-0.2, 0) is 6.54 Å². The topological polar surface area (TPSA) is 37.0 Å². The van der Waals surface area contributed by atoms with Crippen molar-refractivity contribution >= 4 is 16.6 Å². The second-order valence-corrected chi connectivity index (χ2v) is 5.13. The summed E-state index contributed by atoms with van der Waals surface area (Å²) in [5, 5.41) is 4.68. The molecule has 1 heterocycles. The summed E-state index contributed by atoms with van der Waals surface area (Å²) < 4.78 is 5.66. The largest absolute Gasteiger partial charge is 0.494 e. The fourth-order valence-electron chi connectivity index (χ4n) is 2.33. The van der Waals surface area contributed by atoms with E-state index >= 15 is 0 Å². The zero-order valence-corrected chi connectivity index (χ0v) is 12.2. The predicted octanol–water partition coefficient (Wildman–Crippen LogP) is 4.57. The van der Waals surface area contributed by atoms with Gasteiger partial charge >= 0.3 is 0 Å². The zero-order valence-electron chi connectivity index (χ0n) is 12.2. The summed E-state index contributed by atoms with van der Waals surface area (Å²) >= 11 is 0. The minimum absolute atomic E-state index is 0.765. The van der Waals surface area contributed by atoms with Gasteiger partial charge in [0.25, 0.3) is 0 Å². The summed E-state index contributed by atoms with van der Waals surface area (Å²) in [6.45, 7) is 3.67. The fraction of sp³-hybridized carbons (Fsp3) is 0.222. The Morgan fingerprint density at radius 1 is 1.10 bits per heavy atom. The standard InChI is InChI=1S/C18H20N2O/c1-2-10-21-17-5-3-4-14(11-17)13-20-16-6-7-18-15(12-16)8-9-19-18/h3-9,11-12,19-20H,2,10,13H2,1H3. The van der Waals surface area contributed by atoms with E-state index in [1.165, 1.54) is 10.9 Å². The van der Waals surface area contributed by atoms with E-state index in [0.717, 1.165) is 36.5 Å². The van der Waals surface area contributed by atoms with Gasteiger partial charge in [0.1, 0.15) is 5.75 Å². The Kier molecular flexibility index (Phi) is 4.10. The first-order valence-electron chi connectivity index (χ1n) is 7.38. The first kappa shape index (κ1) is 13.6.